The van der Waals surface area contributed by atoms with Crippen LogP contribution in [0.5, 0.6) is 0 Å². The Morgan fingerprint density at radius 1 is 0.935 bits per heavy atom. The first-order valence-corrected chi connectivity index (χ1v) is 13.6. The Hall–Kier alpha value is -0.340. The average molecular weight is 431 g/mol. The molecule has 0 saturated heterocycles. The lowest BCUT2D eigenvalue weighted by atomic mass is 9.43. The van der Waals surface area contributed by atoms with Gasteiger partial charge in [-0.05, 0) is 91.3 Å². The number of rotatable bonds is 6. The van der Waals surface area contributed by atoms with E-state index in [0.29, 0.717) is 17.3 Å². The molecule has 4 aliphatic carbocycles. The molecule has 178 valence electrons. The van der Waals surface area contributed by atoms with E-state index < -0.39 is 0 Å². The molecule has 0 aromatic rings. The molecule has 0 heterocycles. The fraction of sp³-hybridized carbons (Fsp3) is 0.931. The van der Waals surface area contributed by atoms with Gasteiger partial charge in [0.05, 0.1) is 12.7 Å². The normalized spacial score (nSPS) is 48.0. The van der Waals surface area contributed by atoms with E-state index in [9.17, 15) is 10.2 Å². The molecule has 2 nitrogen and oxygen atoms in total. The summed E-state index contributed by atoms with van der Waals surface area (Å²) in [6.07, 6.45) is 14.9. The minimum absolute atomic E-state index is 0.113. The van der Waals surface area contributed by atoms with Gasteiger partial charge in [-0.3, -0.25) is 0 Å². The summed E-state index contributed by atoms with van der Waals surface area (Å²) in [6.45, 7) is 14.7. The van der Waals surface area contributed by atoms with Gasteiger partial charge in [0.1, 0.15) is 0 Å². The summed E-state index contributed by atoms with van der Waals surface area (Å²) >= 11 is 0. The molecule has 0 radical (unpaired) electrons. The maximum atomic E-state index is 10.8. The molecular weight excluding hydrogens is 380 g/mol. The van der Waals surface area contributed by atoms with E-state index in [1.807, 2.05) is 0 Å². The van der Waals surface area contributed by atoms with Gasteiger partial charge >= 0.3 is 0 Å². The van der Waals surface area contributed by atoms with Crippen LogP contribution in [-0.2, 0) is 0 Å². The van der Waals surface area contributed by atoms with Gasteiger partial charge in [0.2, 0.25) is 0 Å². The first-order chi connectivity index (χ1) is 14.6. The Bertz CT molecular complexity index is 682. The molecule has 2 N–H and O–H groups in total. The smallest absolute Gasteiger partial charge is 0.0618 e. The van der Waals surface area contributed by atoms with Crippen molar-refractivity contribution in [2.45, 2.75) is 112 Å². The minimum Gasteiger partial charge on any atom is -0.396 e. The third-order valence-corrected chi connectivity index (χ3v) is 11.3. The van der Waals surface area contributed by atoms with Crippen molar-refractivity contribution in [3.63, 3.8) is 0 Å². The second kappa shape index (κ2) is 8.46. The summed E-state index contributed by atoms with van der Waals surface area (Å²) in [4.78, 5) is 0. The Morgan fingerprint density at radius 2 is 1.61 bits per heavy atom. The van der Waals surface area contributed by atoms with Crippen LogP contribution in [0, 0.1) is 51.8 Å². The number of hydrogen-bond donors (Lipinski definition) is 2. The lowest BCUT2D eigenvalue weighted by molar-refractivity contribution is -0.151. The van der Waals surface area contributed by atoms with Crippen LogP contribution in [0.1, 0.15) is 106 Å². The molecule has 0 aliphatic heterocycles. The summed E-state index contributed by atoms with van der Waals surface area (Å²) in [7, 11) is 0. The van der Waals surface area contributed by atoms with Gasteiger partial charge in [-0.15, -0.1) is 0 Å². The van der Waals surface area contributed by atoms with Crippen LogP contribution in [0.4, 0.5) is 0 Å². The highest BCUT2D eigenvalue weighted by Gasteiger charge is 2.61. The van der Waals surface area contributed by atoms with Crippen LogP contribution >= 0.6 is 0 Å². The van der Waals surface area contributed by atoms with Crippen molar-refractivity contribution in [2.75, 3.05) is 6.61 Å². The quantitative estimate of drug-likeness (QED) is 0.445. The molecule has 9 atom stereocenters. The molecule has 3 saturated carbocycles. The van der Waals surface area contributed by atoms with Gasteiger partial charge in [0.25, 0.3) is 0 Å². The molecule has 4 rings (SSSR count). The molecule has 3 fully saturated rings. The van der Waals surface area contributed by atoms with Crippen molar-refractivity contribution >= 4 is 0 Å². The molecule has 0 bridgehead atoms. The fourth-order valence-corrected chi connectivity index (χ4v) is 9.38. The van der Waals surface area contributed by atoms with Gasteiger partial charge in [-0.2, -0.15) is 0 Å². The number of fused-ring (bicyclic) bond motifs is 5. The number of aliphatic hydroxyl groups excluding tert-OH is 2. The average Bonchev–Trinajstić information content (AvgIpc) is 3.08. The van der Waals surface area contributed by atoms with Crippen molar-refractivity contribution < 1.29 is 10.2 Å². The van der Waals surface area contributed by atoms with Crippen molar-refractivity contribution in [3.8, 4) is 0 Å². The van der Waals surface area contributed by atoms with E-state index in [4.69, 9.17) is 0 Å². The lowest BCUT2D eigenvalue weighted by Crippen LogP contribution is -2.58. The monoisotopic (exact) mass is 430 g/mol. The van der Waals surface area contributed by atoms with Gasteiger partial charge in [0, 0.05) is 5.41 Å². The van der Waals surface area contributed by atoms with Crippen LogP contribution in [0.2, 0.25) is 0 Å². The van der Waals surface area contributed by atoms with Gasteiger partial charge < -0.3 is 10.2 Å². The van der Waals surface area contributed by atoms with Gasteiger partial charge in [-0.1, -0.05) is 72.5 Å². The Balaban J connectivity index is 1.56. The van der Waals surface area contributed by atoms with Crippen LogP contribution in [0.25, 0.3) is 0 Å². The Kier molecular flexibility index (Phi) is 6.50. The molecule has 0 aromatic heterocycles. The summed E-state index contributed by atoms with van der Waals surface area (Å²) in [5, 5.41) is 21.1. The van der Waals surface area contributed by atoms with Gasteiger partial charge in [-0.25, -0.2) is 0 Å². The molecule has 1 unspecified atom stereocenters. The zero-order chi connectivity index (χ0) is 22.6. The number of hydrogen-bond acceptors (Lipinski definition) is 2. The van der Waals surface area contributed by atoms with Crippen LogP contribution in [-0.4, -0.2) is 22.9 Å². The first-order valence-electron chi connectivity index (χ1n) is 13.6. The van der Waals surface area contributed by atoms with E-state index in [-0.39, 0.29) is 23.5 Å². The maximum absolute atomic E-state index is 10.8. The molecule has 31 heavy (non-hydrogen) atoms. The number of aliphatic hydroxyl groups is 2. The Labute approximate surface area is 192 Å². The fourth-order valence-electron chi connectivity index (χ4n) is 9.38. The van der Waals surface area contributed by atoms with Gasteiger partial charge in [0.15, 0.2) is 0 Å². The van der Waals surface area contributed by atoms with E-state index in [1.165, 1.54) is 44.9 Å². The summed E-state index contributed by atoms with van der Waals surface area (Å²) in [5.74, 6) is 4.40. The van der Waals surface area contributed by atoms with E-state index >= 15 is 0 Å². The third kappa shape index (κ3) is 3.67. The van der Waals surface area contributed by atoms with Crippen LogP contribution in [0.3, 0.4) is 0 Å². The van der Waals surface area contributed by atoms with Crippen molar-refractivity contribution in [3.05, 3.63) is 11.6 Å². The third-order valence-electron chi connectivity index (χ3n) is 11.3. The minimum atomic E-state index is -0.359. The van der Waals surface area contributed by atoms with Crippen LogP contribution in [0.15, 0.2) is 11.6 Å². The molecule has 0 amide bonds. The van der Waals surface area contributed by atoms with E-state index in [2.05, 4.69) is 47.6 Å². The van der Waals surface area contributed by atoms with Crippen LogP contribution < -0.4 is 0 Å². The zero-order valence-corrected chi connectivity index (χ0v) is 21.3. The first kappa shape index (κ1) is 23.8. The molecule has 2 heteroatoms. The second-order valence-corrected chi connectivity index (χ2v) is 13.4. The maximum Gasteiger partial charge on any atom is 0.0618 e. The number of allylic oxidation sites excluding steroid dienone is 2. The summed E-state index contributed by atoms with van der Waals surface area (Å²) < 4.78 is 0. The molecule has 0 aromatic carbocycles. The Morgan fingerprint density at radius 3 is 2.29 bits per heavy atom. The van der Waals surface area contributed by atoms with E-state index in [0.717, 1.165) is 42.9 Å². The predicted octanol–water partition coefficient (Wildman–Crippen LogP) is 7.00. The SMILES string of the molecule is CC(C)CCC[C@@H](C)[C@H]1CC[C@H]2C3=CC[C@@H]4[C@](C)(CCC(O)[C@]4(C)CO)[C@H]3CC[C@]12C. The topological polar surface area (TPSA) is 40.5 Å². The highest BCUT2D eigenvalue weighted by molar-refractivity contribution is 5.29. The standard InChI is InChI=1S/C29H50O2/c1-19(2)8-7-9-20(3)22-11-12-23-21-10-13-25-28(5,24(21)14-16-27(22,23)4)17-15-26(31)29(25,6)18-30/h10,19-20,22-26,30-31H,7-9,11-18H2,1-6H3/t20-,22-,23+,24+,25-,26?,27-,28-,29-/m1/s1. The lowest BCUT2D eigenvalue weighted by Gasteiger charge is -2.62. The summed E-state index contributed by atoms with van der Waals surface area (Å²) in [6, 6.07) is 0. The molecule has 4 aliphatic rings. The van der Waals surface area contributed by atoms with Crippen molar-refractivity contribution in [1.29, 1.82) is 0 Å². The predicted molar refractivity (Wildman–Crippen MR) is 130 cm³/mol. The van der Waals surface area contributed by atoms with E-state index in [1.54, 1.807) is 5.57 Å². The summed E-state index contributed by atoms with van der Waals surface area (Å²) in [5.41, 5.74) is 2.17. The zero-order valence-electron chi connectivity index (χ0n) is 21.3. The largest absolute Gasteiger partial charge is 0.396 e. The van der Waals surface area contributed by atoms with Crippen molar-refractivity contribution in [2.24, 2.45) is 51.8 Å². The second-order valence-electron chi connectivity index (χ2n) is 13.4. The highest BCUT2D eigenvalue weighted by Crippen LogP contribution is 2.68. The van der Waals surface area contributed by atoms with Crippen molar-refractivity contribution in [1.82, 2.24) is 0 Å². The molecular formula is C29H50O2. The molecule has 0 spiro atoms. The highest BCUT2D eigenvalue weighted by atomic mass is 16.3.